The molecule has 0 fully saturated rings. The summed E-state index contributed by atoms with van der Waals surface area (Å²) in [5.41, 5.74) is 0.992. The first-order chi connectivity index (χ1) is 9.49. The highest BCUT2D eigenvalue weighted by atomic mass is 16.1. The van der Waals surface area contributed by atoms with E-state index in [2.05, 4.69) is 19.2 Å². The molecule has 1 aromatic rings. The third-order valence-corrected chi connectivity index (χ3v) is 2.98. The Morgan fingerprint density at radius 3 is 2.40 bits per heavy atom. The van der Waals surface area contributed by atoms with Crippen molar-refractivity contribution in [3.8, 4) is 0 Å². The molecular formula is C17H23NO2. The van der Waals surface area contributed by atoms with Crippen molar-refractivity contribution in [1.82, 2.24) is 5.32 Å². The molecule has 0 aliphatic heterocycles. The Morgan fingerprint density at radius 1 is 1.20 bits per heavy atom. The van der Waals surface area contributed by atoms with Gasteiger partial charge in [0.1, 0.15) is 5.78 Å². The summed E-state index contributed by atoms with van der Waals surface area (Å²) < 4.78 is 0. The van der Waals surface area contributed by atoms with Crippen LogP contribution in [0.4, 0.5) is 0 Å². The zero-order valence-corrected chi connectivity index (χ0v) is 12.4. The van der Waals surface area contributed by atoms with Crippen LogP contribution in [0.1, 0.15) is 32.8 Å². The first-order valence-corrected chi connectivity index (χ1v) is 6.99. The van der Waals surface area contributed by atoms with Gasteiger partial charge in [0, 0.05) is 0 Å². The Hall–Kier alpha value is -1.74. The summed E-state index contributed by atoms with van der Waals surface area (Å²) in [6.07, 6.45) is 4.09. The van der Waals surface area contributed by atoms with Gasteiger partial charge in [-0.05, 0) is 30.9 Å². The lowest BCUT2D eigenvalue weighted by molar-refractivity contribution is -0.119. The number of carbonyl (C=O) groups excluding carboxylic acids is 2. The van der Waals surface area contributed by atoms with Crippen LogP contribution in [0.15, 0.2) is 36.4 Å². The van der Waals surface area contributed by atoms with Gasteiger partial charge in [-0.25, -0.2) is 0 Å². The summed E-state index contributed by atoms with van der Waals surface area (Å²) in [4.78, 5) is 23.2. The topological polar surface area (TPSA) is 46.2 Å². The molecule has 1 N–H and O–H groups in total. The lowest BCUT2D eigenvalue weighted by atomic mass is 10.0. The summed E-state index contributed by atoms with van der Waals surface area (Å²) in [6.45, 7) is 5.88. The molecule has 0 bridgehead atoms. The van der Waals surface area contributed by atoms with Crippen molar-refractivity contribution in [2.24, 2.45) is 5.92 Å². The van der Waals surface area contributed by atoms with Crippen molar-refractivity contribution in [3.63, 3.8) is 0 Å². The molecule has 108 valence electrons. The zero-order valence-electron chi connectivity index (χ0n) is 12.4. The molecule has 1 aromatic carbocycles. The van der Waals surface area contributed by atoms with Crippen molar-refractivity contribution in [3.05, 3.63) is 42.0 Å². The fourth-order valence-corrected chi connectivity index (χ4v) is 1.90. The molecule has 0 saturated heterocycles. The number of rotatable bonds is 8. The summed E-state index contributed by atoms with van der Waals surface area (Å²) in [7, 11) is 0. The highest BCUT2D eigenvalue weighted by molar-refractivity contribution is 5.95. The predicted molar refractivity (Wildman–Crippen MR) is 82.4 cm³/mol. The molecule has 20 heavy (non-hydrogen) atoms. The first kappa shape index (κ1) is 16.3. The van der Waals surface area contributed by atoms with E-state index in [9.17, 15) is 9.59 Å². The molecule has 3 nitrogen and oxygen atoms in total. The molecular weight excluding hydrogens is 250 g/mol. The normalized spacial score (nSPS) is 12.8. The minimum Gasteiger partial charge on any atom is -0.300 e. The third kappa shape index (κ3) is 6.43. The van der Waals surface area contributed by atoms with E-state index < -0.39 is 0 Å². The van der Waals surface area contributed by atoms with Crippen molar-refractivity contribution in [2.45, 2.75) is 33.2 Å². The van der Waals surface area contributed by atoms with E-state index in [-0.39, 0.29) is 24.2 Å². The molecule has 1 atom stereocenters. The van der Waals surface area contributed by atoms with Gasteiger partial charge >= 0.3 is 0 Å². The molecule has 0 heterocycles. The van der Waals surface area contributed by atoms with Gasteiger partial charge in [0.15, 0.2) is 5.78 Å². The molecule has 0 radical (unpaired) electrons. The van der Waals surface area contributed by atoms with Gasteiger partial charge in [-0.3, -0.25) is 9.59 Å². The number of Topliss-reactive ketones (excluding diaryl/α,β-unsaturated/α-hetero) is 1. The number of benzene rings is 1. The zero-order chi connectivity index (χ0) is 15.0. The van der Waals surface area contributed by atoms with Crippen LogP contribution in [-0.2, 0) is 9.59 Å². The fourth-order valence-electron chi connectivity index (χ4n) is 1.90. The number of carbonyl (C=O) groups is 2. The average Bonchev–Trinajstić information content (AvgIpc) is 2.41. The maximum absolute atomic E-state index is 11.8. The first-order valence-electron chi connectivity index (χ1n) is 6.99. The summed E-state index contributed by atoms with van der Waals surface area (Å²) in [5, 5.41) is 3.04. The molecule has 0 aromatic heterocycles. The van der Waals surface area contributed by atoms with E-state index >= 15 is 0 Å². The summed E-state index contributed by atoms with van der Waals surface area (Å²) in [5.74, 6) is 0.480. The second kappa shape index (κ2) is 8.43. The number of ketones is 2. The van der Waals surface area contributed by atoms with Gasteiger partial charge < -0.3 is 5.32 Å². The predicted octanol–water partition coefficient (Wildman–Crippen LogP) is 2.86. The van der Waals surface area contributed by atoms with Crippen LogP contribution in [0.3, 0.4) is 0 Å². The van der Waals surface area contributed by atoms with Gasteiger partial charge in [0.05, 0.1) is 12.6 Å². The van der Waals surface area contributed by atoms with E-state index in [1.165, 1.54) is 0 Å². The highest BCUT2D eigenvalue weighted by Crippen LogP contribution is 2.05. The van der Waals surface area contributed by atoms with Crippen LogP contribution in [0.2, 0.25) is 0 Å². The van der Waals surface area contributed by atoms with E-state index in [4.69, 9.17) is 0 Å². The van der Waals surface area contributed by atoms with Gasteiger partial charge in [0.25, 0.3) is 0 Å². The van der Waals surface area contributed by atoms with Gasteiger partial charge in [0.2, 0.25) is 0 Å². The Kier molecular flexibility index (Phi) is 6.88. The molecule has 0 unspecified atom stereocenters. The minimum absolute atomic E-state index is 0.0242. The van der Waals surface area contributed by atoms with E-state index in [1.807, 2.05) is 30.3 Å². The van der Waals surface area contributed by atoms with Crippen LogP contribution in [0.25, 0.3) is 6.08 Å². The van der Waals surface area contributed by atoms with Gasteiger partial charge in [-0.15, -0.1) is 0 Å². The van der Waals surface area contributed by atoms with Crippen LogP contribution >= 0.6 is 0 Å². The molecule has 0 aliphatic carbocycles. The lowest BCUT2D eigenvalue weighted by Crippen LogP contribution is -2.39. The second-order valence-electron chi connectivity index (χ2n) is 5.38. The Morgan fingerprint density at radius 2 is 1.85 bits per heavy atom. The third-order valence-electron chi connectivity index (χ3n) is 2.98. The molecule has 0 amide bonds. The van der Waals surface area contributed by atoms with Crippen LogP contribution in [-0.4, -0.2) is 24.2 Å². The maximum Gasteiger partial charge on any atom is 0.169 e. The van der Waals surface area contributed by atoms with Crippen LogP contribution in [0, 0.1) is 5.92 Å². The smallest absolute Gasteiger partial charge is 0.169 e. The van der Waals surface area contributed by atoms with Gasteiger partial charge in [-0.2, -0.15) is 0 Å². The molecule has 0 spiro atoms. The SMILES string of the molecule is CC(=O)[C@@H](CC(C)C)NCC(=O)/C=C/c1ccccc1. The van der Waals surface area contributed by atoms with Gasteiger partial charge in [-0.1, -0.05) is 50.3 Å². The molecule has 1 rings (SSSR count). The highest BCUT2D eigenvalue weighted by Gasteiger charge is 2.15. The lowest BCUT2D eigenvalue weighted by Gasteiger charge is -2.16. The quantitative estimate of drug-likeness (QED) is 0.741. The van der Waals surface area contributed by atoms with Crippen molar-refractivity contribution in [2.75, 3.05) is 6.54 Å². The van der Waals surface area contributed by atoms with E-state index in [0.717, 1.165) is 12.0 Å². The molecule has 0 saturated carbocycles. The van der Waals surface area contributed by atoms with Crippen molar-refractivity contribution >= 4 is 17.6 Å². The van der Waals surface area contributed by atoms with Crippen molar-refractivity contribution in [1.29, 1.82) is 0 Å². The van der Waals surface area contributed by atoms with E-state index in [1.54, 1.807) is 19.1 Å². The molecule has 0 aliphatic rings. The Balaban J connectivity index is 2.45. The summed E-state index contributed by atoms with van der Waals surface area (Å²) >= 11 is 0. The largest absolute Gasteiger partial charge is 0.300 e. The van der Waals surface area contributed by atoms with Crippen LogP contribution < -0.4 is 5.32 Å². The minimum atomic E-state index is -0.232. The van der Waals surface area contributed by atoms with Crippen LogP contribution in [0.5, 0.6) is 0 Å². The monoisotopic (exact) mass is 273 g/mol. The number of nitrogens with one attached hydrogen (secondary N) is 1. The standard InChI is InChI=1S/C17H23NO2/c1-13(2)11-17(14(3)19)18-12-16(20)10-9-15-7-5-4-6-8-15/h4-10,13,17-18H,11-12H2,1-3H3/b10-9+/t17-/m1/s1. The van der Waals surface area contributed by atoms with Crippen molar-refractivity contribution < 1.29 is 9.59 Å². The van der Waals surface area contributed by atoms with E-state index in [0.29, 0.717) is 5.92 Å². The summed E-state index contributed by atoms with van der Waals surface area (Å²) in [6, 6.07) is 9.43. The second-order valence-corrected chi connectivity index (χ2v) is 5.38. The number of hydrogen-bond acceptors (Lipinski definition) is 3. The number of hydrogen-bond donors (Lipinski definition) is 1. The maximum atomic E-state index is 11.8. The average molecular weight is 273 g/mol. The molecule has 3 heteroatoms. The Bertz CT molecular complexity index is 463. The fraction of sp³-hybridized carbons (Fsp3) is 0.412. The Labute approximate surface area is 121 Å².